The van der Waals surface area contributed by atoms with E-state index in [9.17, 15) is 24.0 Å². The van der Waals surface area contributed by atoms with Gasteiger partial charge in [-0.2, -0.15) is 0 Å². The molecule has 12 nitrogen and oxygen atoms in total. The van der Waals surface area contributed by atoms with E-state index in [0.29, 0.717) is 3.57 Å². The first-order chi connectivity index (χ1) is 15.9. The number of ether oxygens (including phenoxy) is 7. The number of halogens is 1. The van der Waals surface area contributed by atoms with Crippen LogP contribution in [0.15, 0.2) is 18.2 Å². The molecule has 1 heterocycles. The Morgan fingerprint density at radius 3 is 1.82 bits per heavy atom. The molecule has 1 aliphatic rings. The van der Waals surface area contributed by atoms with Crippen LogP contribution in [0.5, 0.6) is 11.5 Å². The SMILES string of the molecule is COC(=O)[C@H]1O[C@H](Oc2cc(I)cc(OC(C)=O)c2)[C@H](OC(C)=O)[C@H](OC(C)=O)[C@H]1OC(C)=O. The number of rotatable bonds is 7. The number of carbonyl (C=O) groups is 5. The highest BCUT2D eigenvalue weighted by Gasteiger charge is 2.55. The molecule has 1 aromatic carbocycles. The van der Waals surface area contributed by atoms with Crippen LogP contribution in [-0.2, 0) is 47.7 Å². The second-order valence-corrected chi connectivity index (χ2v) is 8.25. The van der Waals surface area contributed by atoms with Gasteiger partial charge in [-0.15, -0.1) is 0 Å². The summed E-state index contributed by atoms with van der Waals surface area (Å²) in [5.74, 6) is -3.67. The van der Waals surface area contributed by atoms with E-state index in [1.54, 1.807) is 12.1 Å². The Balaban J connectivity index is 2.53. The van der Waals surface area contributed by atoms with Crippen LogP contribution in [0.4, 0.5) is 0 Å². The molecule has 0 N–H and O–H groups in total. The molecule has 1 saturated heterocycles. The van der Waals surface area contributed by atoms with Gasteiger partial charge in [-0.1, -0.05) is 0 Å². The van der Waals surface area contributed by atoms with Gasteiger partial charge in [0.25, 0.3) is 0 Å². The van der Waals surface area contributed by atoms with Gasteiger partial charge < -0.3 is 33.2 Å². The van der Waals surface area contributed by atoms with Crippen LogP contribution in [0.1, 0.15) is 27.7 Å². The number of hydrogen-bond donors (Lipinski definition) is 0. The zero-order chi connectivity index (χ0) is 25.6. The molecule has 0 amide bonds. The van der Waals surface area contributed by atoms with Gasteiger partial charge in [-0.25, -0.2) is 4.79 Å². The van der Waals surface area contributed by atoms with E-state index in [1.807, 2.05) is 22.6 Å². The standard InChI is InChI=1S/C21H23IO12/c1-9(23)29-14-6-13(22)7-15(8-14)33-21-19(32-12(4)26)17(31-11(3)25)16(30-10(2)24)18(34-21)20(27)28-5/h6-8,16-19,21H,1-5H3/t16-,17-,18+,19-,21+/m1/s1. The van der Waals surface area contributed by atoms with Crippen LogP contribution in [0.2, 0.25) is 0 Å². The smallest absolute Gasteiger partial charge is 0.339 e. The summed E-state index contributed by atoms with van der Waals surface area (Å²) >= 11 is 1.96. The number of benzene rings is 1. The first kappa shape index (κ1) is 27.3. The maximum atomic E-state index is 12.4. The maximum absolute atomic E-state index is 12.4. The molecule has 0 saturated carbocycles. The Kier molecular flexibility index (Phi) is 9.61. The molecule has 0 spiro atoms. The fourth-order valence-corrected chi connectivity index (χ4v) is 3.75. The predicted molar refractivity (Wildman–Crippen MR) is 118 cm³/mol. The van der Waals surface area contributed by atoms with Gasteiger partial charge in [0.05, 0.1) is 7.11 Å². The van der Waals surface area contributed by atoms with Gasteiger partial charge in [0, 0.05) is 37.3 Å². The minimum absolute atomic E-state index is 0.112. The largest absolute Gasteiger partial charge is 0.467 e. The first-order valence-electron chi connectivity index (χ1n) is 9.81. The van der Waals surface area contributed by atoms with Crippen LogP contribution in [-0.4, -0.2) is 67.7 Å². The minimum Gasteiger partial charge on any atom is -0.467 e. The van der Waals surface area contributed by atoms with E-state index in [1.165, 1.54) is 13.0 Å². The summed E-state index contributed by atoms with van der Waals surface area (Å²) < 4.78 is 37.7. The van der Waals surface area contributed by atoms with E-state index >= 15 is 0 Å². The van der Waals surface area contributed by atoms with Gasteiger partial charge in [-0.3, -0.25) is 19.2 Å². The van der Waals surface area contributed by atoms with Gasteiger partial charge in [-0.05, 0) is 34.7 Å². The van der Waals surface area contributed by atoms with Crippen molar-refractivity contribution in [2.75, 3.05) is 7.11 Å². The Morgan fingerprint density at radius 1 is 0.765 bits per heavy atom. The summed E-state index contributed by atoms with van der Waals surface area (Å²) in [7, 11) is 1.08. The summed E-state index contributed by atoms with van der Waals surface area (Å²) in [6, 6.07) is 4.48. The summed E-state index contributed by atoms with van der Waals surface area (Å²) in [6.07, 6.45) is -7.56. The molecule has 13 heteroatoms. The molecule has 0 bridgehead atoms. The lowest BCUT2D eigenvalue weighted by Crippen LogP contribution is -2.64. The Morgan fingerprint density at radius 2 is 1.29 bits per heavy atom. The molecule has 1 aromatic rings. The van der Waals surface area contributed by atoms with Crippen LogP contribution >= 0.6 is 22.6 Å². The molecule has 186 valence electrons. The van der Waals surface area contributed by atoms with Crippen molar-refractivity contribution in [2.24, 2.45) is 0 Å². The quantitative estimate of drug-likeness (QED) is 0.194. The Bertz CT molecular complexity index is 961. The number of esters is 5. The van der Waals surface area contributed by atoms with Crippen molar-refractivity contribution >= 4 is 52.4 Å². The van der Waals surface area contributed by atoms with Crippen molar-refractivity contribution in [3.8, 4) is 11.5 Å². The molecule has 0 aliphatic carbocycles. The van der Waals surface area contributed by atoms with E-state index in [4.69, 9.17) is 33.2 Å². The molecule has 0 unspecified atom stereocenters. The van der Waals surface area contributed by atoms with E-state index in [2.05, 4.69) is 0 Å². The molecule has 1 fully saturated rings. The second kappa shape index (κ2) is 12.0. The molecule has 5 atom stereocenters. The lowest BCUT2D eigenvalue weighted by atomic mass is 9.97. The molecule has 0 aromatic heterocycles. The third-order valence-corrected chi connectivity index (χ3v) is 4.82. The normalized spacial score (nSPS) is 23.8. The van der Waals surface area contributed by atoms with Crippen LogP contribution in [0.25, 0.3) is 0 Å². The number of carbonyl (C=O) groups excluding carboxylic acids is 5. The van der Waals surface area contributed by atoms with Crippen molar-refractivity contribution in [1.29, 1.82) is 0 Å². The molecule has 2 rings (SSSR count). The number of hydrogen-bond acceptors (Lipinski definition) is 12. The van der Waals surface area contributed by atoms with Gasteiger partial charge in [0.1, 0.15) is 11.5 Å². The second-order valence-electron chi connectivity index (χ2n) is 7.00. The summed E-state index contributed by atoms with van der Waals surface area (Å²) in [5, 5.41) is 0. The Hall–Kier alpha value is -2.94. The highest BCUT2D eigenvalue weighted by molar-refractivity contribution is 14.1. The van der Waals surface area contributed by atoms with Crippen molar-refractivity contribution in [2.45, 2.75) is 58.4 Å². The zero-order valence-corrected chi connectivity index (χ0v) is 21.1. The van der Waals surface area contributed by atoms with Gasteiger partial charge >= 0.3 is 29.8 Å². The van der Waals surface area contributed by atoms with Gasteiger partial charge in [0.15, 0.2) is 18.3 Å². The van der Waals surface area contributed by atoms with Crippen molar-refractivity contribution in [3.05, 3.63) is 21.8 Å². The Labute approximate surface area is 208 Å². The first-order valence-corrected chi connectivity index (χ1v) is 10.9. The van der Waals surface area contributed by atoms with Crippen LogP contribution < -0.4 is 9.47 Å². The summed E-state index contributed by atoms with van der Waals surface area (Å²) in [6.45, 7) is 4.48. The predicted octanol–water partition coefficient (Wildman–Crippen LogP) is 1.29. The van der Waals surface area contributed by atoms with Crippen molar-refractivity contribution in [1.82, 2.24) is 0 Å². The lowest BCUT2D eigenvalue weighted by molar-refractivity contribution is -0.282. The lowest BCUT2D eigenvalue weighted by Gasteiger charge is -2.43. The molecule has 34 heavy (non-hydrogen) atoms. The maximum Gasteiger partial charge on any atom is 0.339 e. The summed E-state index contributed by atoms with van der Waals surface area (Å²) in [5.41, 5.74) is 0. The molecular weight excluding hydrogens is 571 g/mol. The highest BCUT2D eigenvalue weighted by atomic mass is 127. The molecule has 1 aliphatic heterocycles. The van der Waals surface area contributed by atoms with Crippen LogP contribution in [0.3, 0.4) is 0 Å². The third kappa shape index (κ3) is 7.55. The minimum atomic E-state index is -1.59. The number of methoxy groups -OCH3 is 1. The van der Waals surface area contributed by atoms with E-state index in [-0.39, 0.29) is 11.5 Å². The summed E-state index contributed by atoms with van der Waals surface area (Å²) in [4.78, 5) is 59.2. The van der Waals surface area contributed by atoms with E-state index < -0.39 is 60.6 Å². The van der Waals surface area contributed by atoms with Crippen molar-refractivity contribution in [3.63, 3.8) is 0 Å². The van der Waals surface area contributed by atoms with Crippen LogP contribution in [0, 0.1) is 3.57 Å². The zero-order valence-electron chi connectivity index (χ0n) is 18.9. The van der Waals surface area contributed by atoms with E-state index in [0.717, 1.165) is 27.9 Å². The fraction of sp³-hybridized carbons (Fsp3) is 0.476. The highest BCUT2D eigenvalue weighted by Crippen LogP contribution is 2.33. The van der Waals surface area contributed by atoms with Crippen molar-refractivity contribution < 1.29 is 57.1 Å². The average molecular weight is 594 g/mol. The third-order valence-electron chi connectivity index (χ3n) is 4.19. The molecule has 0 radical (unpaired) electrons. The van der Waals surface area contributed by atoms with Gasteiger partial charge in [0.2, 0.25) is 12.4 Å². The monoisotopic (exact) mass is 594 g/mol. The fourth-order valence-electron chi connectivity index (χ4n) is 3.14. The molecular formula is C21H23IO12. The topological polar surface area (TPSA) is 150 Å². The average Bonchev–Trinajstić information content (AvgIpc) is 2.69.